The monoisotopic (exact) mass is 715 g/mol. The molecule has 0 amide bonds. The van der Waals surface area contributed by atoms with Gasteiger partial charge < -0.3 is 14.1 Å². The molecule has 6 rings (SSSR count). The lowest BCUT2D eigenvalue weighted by Crippen LogP contribution is -2.36. The van der Waals surface area contributed by atoms with E-state index in [0.29, 0.717) is 29.5 Å². The van der Waals surface area contributed by atoms with E-state index in [0.717, 1.165) is 39.0 Å². The average Bonchev–Trinajstić information content (AvgIpc) is 3.62. The van der Waals surface area contributed by atoms with Gasteiger partial charge in [0.25, 0.3) is 25.8 Å². The molecular weight excluding hydrogens is 677 g/mol. The Hall–Kier alpha value is -4.75. The van der Waals surface area contributed by atoms with E-state index in [-0.39, 0.29) is 25.9 Å². The number of aromatic nitrogens is 1. The summed E-state index contributed by atoms with van der Waals surface area (Å²) in [6.45, 7) is 3.99. The van der Waals surface area contributed by atoms with Gasteiger partial charge in [-0.05, 0) is 65.8 Å². The maximum atomic E-state index is 11.9. The molecule has 0 fully saturated rings. The van der Waals surface area contributed by atoms with E-state index in [1.54, 1.807) is 0 Å². The topological polar surface area (TPSA) is 138 Å². The molecule has 1 aromatic heterocycles. The van der Waals surface area contributed by atoms with Gasteiger partial charge in [-0.15, -0.1) is 0 Å². The summed E-state index contributed by atoms with van der Waals surface area (Å²) in [7, 11) is -8.39. The highest BCUT2D eigenvalue weighted by Crippen LogP contribution is 2.42. The molecule has 0 saturated heterocycles. The second-order valence-electron chi connectivity index (χ2n) is 12.3. The molecule has 1 atom stereocenters. The number of aryl methyl sites for hydroxylation is 1. The second kappa shape index (κ2) is 14.6. The van der Waals surface area contributed by atoms with Crippen molar-refractivity contribution in [1.82, 2.24) is 0 Å². The van der Waals surface area contributed by atoms with E-state index >= 15 is 0 Å². The molecule has 10 nitrogen and oxygen atoms in total. The Morgan fingerprint density at radius 2 is 1.50 bits per heavy atom. The number of hydrogen-bond acceptors (Lipinski definition) is 7. The fraction of sp³-hybridized carbons (Fsp3) is 0.237. The standard InChI is InChI=1S/C38H38N2O8S2/c1-3-28(23-37-39(20-10-22-49(41,42)43)33-25-31(15-17-35(33)47-37)29-11-6-4-7-12-29)24-38-40(21-19-27(2)50(44,45)46)34-26-32(16-18-36(34)48-38)30-13-8-5-9-14-30/h4-9,11-18,23-27H,3,10,19-22H2,1-2H3,(H-,41,42,43,44,45,46)/p+1. The van der Waals surface area contributed by atoms with Gasteiger partial charge in [0.2, 0.25) is 11.5 Å². The first-order valence-corrected chi connectivity index (χ1v) is 19.5. The zero-order valence-corrected chi connectivity index (χ0v) is 29.4. The summed E-state index contributed by atoms with van der Waals surface area (Å²) in [6.07, 6.45) is 4.65. The number of oxazole rings is 1. The van der Waals surface area contributed by atoms with E-state index in [4.69, 9.17) is 9.15 Å². The van der Waals surface area contributed by atoms with Gasteiger partial charge in [-0.25, -0.2) is 0 Å². The molecule has 0 spiro atoms. The summed E-state index contributed by atoms with van der Waals surface area (Å²) in [5, 5.41) is -0.982. The number of benzene rings is 4. The third kappa shape index (κ3) is 8.16. The van der Waals surface area contributed by atoms with Crippen molar-refractivity contribution in [2.45, 2.75) is 44.9 Å². The molecular formula is C38H39N2O8S2+. The summed E-state index contributed by atoms with van der Waals surface area (Å²) in [4.78, 5) is 1.91. The van der Waals surface area contributed by atoms with Crippen molar-refractivity contribution in [3.63, 3.8) is 0 Å². The predicted octanol–water partition coefficient (Wildman–Crippen LogP) is 7.53. The Morgan fingerprint density at radius 3 is 2.12 bits per heavy atom. The maximum Gasteiger partial charge on any atom is 0.374 e. The van der Waals surface area contributed by atoms with Crippen LogP contribution in [0.3, 0.4) is 0 Å². The fourth-order valence-corrected chi connectivity index (χ4v) is 6.82. The number of fused-ring (bicyclic) bond motifs is 2. The van der Waals surface area contributed by atoms with Gasteiger partial charge in [0, 0.05) is 25.1 Å². The molecule has 5 aromatic rings. The molecule has 0 radical (unpaired) electrons. The molecule has 0 aliphatic carbocycles. The molecule has 1 aliphatic heterocycles. The van der Waals surface area contributed by atoms with Gasteiger partial charge in [-0.2, -0.15) is 21.4 Å². The summed E-state index contributed by atoms with van der Waals surface area (Å²) < 4.78 is 80.6. The summed E-state index contributed by atoms with van der Waals surface area (Å²) in [5.74, 6) is 1.19. The Kier molecular flexibility index (Phi) is 10.3. The van der Waals surface area contributed by atoms with Crippen LogP contribution in [0.5, 0.6) is 5.75 Å². The first-order valence-electron chi connectivity index (χ1n) is 16.4. The molecule has 1 unspecified atom stereocenters. The maximum absolute atomic E-state index is 11.9. The van der Waals surface area contributed by atoms with Crippen LogP contribution in [-0.4, -0.2) is 43.5 Å². The summed E-state index contributed by atoms with van der Waals surface area (Å²) >= 11 is 0. The van der Waals surface area contributed by atoms with Crippen molar-refractivity contribution < 1.29 is 39.7 Å². The van der Waals surface area contributed by atoms with Crippen LogP contribution in [0.25, 0.3) is 39.4 Å². The SMILES string of the molecule is CCC(/C=C1\Oc2ccc(-c3ccccc3)cc2N1CCC(C)S(=O)(=O)O)=C\c1oc2ccc(-c3ccccc3)cc2[n+]1CCCS(=O)(=O)O. The highest BCUT2D eigenvalue weighted by atomic mass is 32.2. The quantitative estimate of drug-likeness (QED) is 0.0936. The normalized spacial score (nSPS) is 15.0. The van der Waals surface area contributed by atoms with Crippen LogP contribution in [0.1, 0.15) is 39.0 Å². The number of hydrogen-bond donors (Lipinski definition) is 2. The molecule has 2 heterocycles. The van der Waals surface area contributed by atoms with Crippen LogP contribution < -0.4 is 14.2 Å². The van der Waals surface area contributed by atoms with Crippen LogP contribution in [-0.2, 0) is 26.8 Å². The van der Waals surface area contributed by atoms with Crippen molar-refractivity contribution >= 4 is 43.1 Å². The van der Waals surface area contributed by atoms with Gasteiger partial charge >= 0.3 is 5.89 Å². The Bertz CT molecular complexity index is 2280. The third-order valence-electron chi connectivity index (χ3n) is 8.75. The second-order valence-corrected chi connectivity index (χ2v) is 15.7. The average molecular weight is 716 g/mol. The van der Waals surface area contributed by atoms with Gasteiger partial charge in [-0.3, -0.25) is 9.11 Å². The number of allylic oxidation sites excluding steroid dienone is 2. The van der Waals surface area contributed by atoms with Crippen molar-refractivity contribution in [3.05, 3.63) is 120 Å². The minimum Gasteiger partial charge on any atom is -0.439 e. The minimum atomic E-state index is -4.23. The van der Waals surface area contributed by atoms with Crippen LogP contribution in [0.2, 0.25) is 0 Å². The van der Waals surface area contributed by atoms with Crippen LogP contribution in [0.15, 0.2) is 119 Å². The van der Waals surface area contributed by atoms with Crippen LogP contribution in [0.4, 0.5) is 5.69 Å². The largest absolute Gasteiger partial charge is 0.439 e. The van der Waals surface area contributed by atoms with Crippen molar-refractivity contribution in [2.24, 2.45) is 0 Å². The fourth-order valence-electron chi connectivity index (χ4n) is 5.93. The van der Waals surface area contributed by atoms with E-state index in [9.17, 15) is 25.9 Å². The Labute approximate surface area is 292 Å². The highest BCUT2D eigenvalue weighted by Gasteiger charge is 2.30. The zero-order chi connectivity index (χ0) is 35.5. The lowest BCUT2D eigenvalue weighted by atomic mass is 10.0. The molecule has 12 heteroatoms. The molecule has 1 aliphatic rings. The Morgan fingerprint density at radius 1 is 0.860 bits per heavy atom. The number of ether oxygens (including phenoxy) is 1. The van der Waals surface area contributed by atoms with E-state index < -0.39 is 31.2 Å². The third-order valence-corrected chi connectivity index (χ3v) is 10.8. The van der Waals surface area contributed by atoms with E-state index in [2.05, 4.69) is 0 Å². The lowest BCUT2D eigenvalue weighted by Gasteiger charge is -2.20. The molecule has 0 bridgehead atoms. The van der Waals surface area contributed by atoms with Crippen LogP contribution >= 0.6 is 0 Å². The smallest absolute Gasteiger partial charge is 0.374 e. The van der Waals surface area contributed by atoms with Gasteiger partial charge in [0.15, 0.2) is 12.3 Å². The van der Waals surface area contributed by atoms with E-state index in [1.807, 2.05) is 126 Å². The molecule has 2 N–H and O–H groups in total. The minimum absolute atomic E-state index is 0.154. The number of anilines is 1. The van der Waals surface area contributed by atoms with Gasteiger partial charge in [0.1, 0.15) is 0 Å². The van der Waals surface area contributed by atoms with Crippen molar-refractivity contribution in [2.75, 3.05) is 17.2 Å². The Balaban J connectivity index is 1.40. The first-order chi connectivity index (χ1) is 23.9. The van der Waals surface area contributed by atoms with Gasteiger partial charge in [-0.1, -0.05) is 79.7 Å². The van der Waals surface area contributed by atoms with E-state index in [1.165, 1.54) is 6.92 Å². The lowest BCUT2D eigenvalue weighted by molar-refractivity contribution is -0.677. The zero-order valence-electron chi connectivity index (χ0n) is 27.8. The van der Waals surface area contributed by atoms with Crippen molar-refractivity contribution in [3.8, 4) is 28.0 Å². The number of rotatable bonds is 13. The summed E-state index contributed by atoms with van der Waals surface area (Å²) in [5.41, 5.74) is 6.97. The van der Waals surface area contributed by atoms with Crippen LogP contribution in [0, 0.1) is 0 Å². The van der Waals surface area contributed by atoms with Crippen molar-refractivity contribution in [1.29, 1.82) is 0 Å². The van der Waals surface area contributed by atoms with Gasteiger partial charge in [0.05, 0.1) is 22.8 Å². The molecule has 4 aromatic carbocycles. The molecule has 0 saturated carbocycles. The first kappa shape index (κ1) is 35.1. The molecule has 50 heavy (non-hydrogen) atoms. The number of nitrogens with zero attached hydrogens (tertiary/aromatic N) is 2. The predicted molar refractivity (Wildman–Crippen MR) is 195 cm³/mol. The summed E-state index contributed by atoms with van der Waals surface area (Å²) in [6, 6.07) is 31.5. The highest BCUT2D eigenvalue weighted by molar-refractivity contribution is 7.86. The molecule has 260 valence electrons.